The Labute approximate surface area is 125 Å². The summed E-state index contributed by atoms with van der Waals surface area (Å²) in [5.74, 6) is 0.840. The minimum Gasteiger partial charge on any atom is -0.489 e. The lowest BCUT2D eigenvalue weighted by Gasteiger charge is -2.13. The van der Waals surface area contributed by atoms with Gasteiger partial charge in [-0.05, 0) is 17.7 Å². The van der Waals surface area contributed by atoms with Gasteiger partial charge in [0.05, 0.1) is 13.7 Å². The number of rotatable bonds is 4. The first kappa shape index (κ1) is 13.6. The zero-order valence-electron chi connectivity index (χ0n) is 11.1. The second-order valence-electron chi connectivity index (χ2n) is 4.85. The Morgan fingerprint density at radius 1 is 1.50 bits per heavy atom. The third kappa shape index (κ3) is 2.36. The molecule has 5 heteroatoms. The van der Waals surface area contributed by atoms with E-state index in [1.54, 1.807) is 0 Å². The van der Waals surface area contributed by atoms with E-state index in [-0.39, 0.29) is 18.7 Å². The number of methoxy groups -OCH3 is 1. The fourth-order valence-corrected chi connectivity index (χ4v) is 3.18. The van der Waals surface area contributed by atoms with Crippen LogP contribution in [0.5, 0.6) is 5.75 Å². The van der Waals surface area contributed by atoms with Gasteiger partial charge in [0, 0.05) is 22.4 Å². The zero-order chi connectivity index (χ0) is 14.1. The van der Waals surface area contributed by atoms with Gasteiger partial charge in [0.2, 0.25) is 0 Å². The molecule has 0 spiro atoms. The van der Waals surface area contributed by atoms with E-state index in [4.69, 9.17) is 9.47 Å². The van der Waals surface area contributed by atoms with Gasteiger partial charge in [-0.25, -0.2) is 4.79 Å². The monoisotopic (exact) mass is 338 g/mol. The fourth-order valence-electron chi connectivity index (χ4n) is 2.72. The highest BCUT2D eigenvalue weighted by Crippen LogP contribution is 2.47. The van der Waals surface area contributed by atoms with E-state index in [0.717, 1.165) is 22.2 Å². The molecule has 1 aromatic rings. The molecule has 1 heterocycles. The van der Waals surface area contributed by atoms with E-state index in [1.165, 1.54) is 12.7 Å². The number of hydrogen-bond donors (Lipinski definition) is 0. The molecule has 1 aromatic carbocycles. The maximum absolute atomic E-state index is 11.1. The maximum Gasteiger partial charge on any atom is 0.331 e. The predicted molar refractivity (Wildman–Crippen MR) is 76.7 cm³/mol. The van der Waals surface area contributed by atoms with E-state index >= 15 is 0 Å². The average molecular weight is 339 g/mol. The highest BCUT2D eigenvalue weighted by molar-refractivity contribution is 9.10. The second kappa shape index (κ2) is 5.58. The average Bonchev–Trinajstić information content (AvgIpc) is 3.01. The molecular weight excluding hydrogens is 324 g/mol. The standard InChI is InChI=1S/C15H15BrO4/c1-18-14(17)8-19-7-10-11(16)5-6-13-15(10)9-3-2-4-12(9)20-13/h2-3,5-6,9,12H,4,7-8H2,1H3/t9-,12+/m0/s1. The summed E-state index contributed by atoms with van der Waals surface area (Å²) in [7, 11) is 1.35. The summed E-state index contributed by atoms with van der Waals surface area (Å²) < 4.78 is 16.9. The SMILES string of the molecule is COC(=O)COCc1c(Br)ccc2c1[C@H]1C=CC[C@H]1O2. The third-order valence-corrected chi connectivity index (χ3v) is 4.42. The van der Waals surface area contributed by atoms with Crippen molar-refractivity contribution >= 4 is 21.9 Å². The molecule has 0 N–H and O–H groups in total. The highest BCUT2D eigenvalue weighted by Gasteiger charge is 2.37. The normalized spacial score (nSPS) is 22.3. The number of halogens is 1. The molecule has 1 aliphatic carbocycles. The molecule has 0 aromatic heterocycles. The first-order valence-corrected chi connectivity index (χ1v) is 7.29. The van der Waals surface area contributed by atoms with Gasteiger partial charge in [0.25, 0.3) is 0 Å². The lowest BCUT2D eigenvalue weighted by atomic mass is 9.94. The largest absolute Gasteiger partial charge is 0.489 e. The Hall–Kier alpha value is -1.33. The van der Waals surface area contributed by atoms with E-state index in [1.807, 2.05) is 12.1 Å². The molecular formula is C15H15BrO4. The number of hydrogen-bond acceptors (Lipinski definition) is 4. The maximum atomic E-state index is 11.1. The van der Waals surface area contributed by atoms with Crippen LogP contribution in [0.1, 0.15) is 23.5 Å². The molecule has 4 nitrogen and oxygen atoms in total. The fraction of sp³-hybridized carbons (Fsp3) is 0.400. The van der Waals surface area contributed by atoms with Crippen molar-refractivity contribution < 1.29 is 19.0 Å². The number of ether oxygens (including phenoxy) is 3. The van der Waals surface area contributed by atoms with Crippen LogP contribution in [0.15, 0.2) is 28.8 Å². The van der Waals surface area contributed by atoms with Crippen LogP contribution >= 0.6 is 15.9 Å². The van der Waals surface area contributed by atoms with Gasteiger partial charge in [0.1, 0.15) is 18.5 Å². The molecule has 2 aliphatic rings. The first-order valence-electron chi connectivity index (χ1n) is 6.50. The van der Waals surface area contributed by atoms with Crippen LogP contribution in [0.2, 0.25) is 0 Å². The van der Waals surface area contributed by atoms with Crippen molar-refractivity contribution in [3.05, 3.63) is 39.9 Å². The minimum absolute atomic E-state index is 0.0442. The molecule has 106 valence electrons. The van der Waals surface area contributed by atoms with E-state index < -0.39 is 0 Å². The van der Waals surface area contributed by atoms with Gasteiger partial charge in [0.15, 0.2) is 0 Å². The Morgan fingerprint density at radius 2 is 2.35 bits per heavy atom. The van der Waals surface area contributed by atoms with Crippen molar-refractivity contribution in [2.24, 2.45) is 0 Å². The second-order valence-corrected chi connectivity index (χ2v) is 5.71. The number of carbonyl (C=O) groups is 1. The summed E-state index contributed by atoms with van der Waals surface area (Å²) in [6.45, 7) is 0.316. The van der Waals surface area contributed by atoms with E-state index in [2.05, 4.69) is 32.8 Å². The number of esters is 1. The lowest BCUT2D eigenvalue weighted by Crippen LogP contribution is -2.13. The van der Waals surface area contributed by atoms with Crippen LogP contribution in [0.25, 0.3) is 0 Å². The van der Waals surface area contributed by atoms with Crippen molar-refractivity contribution in [2.75, 3.05) is 13.7 Å². The van der Waals surface area contributed by atoms with Crippen LogP contribution in [0, 0.1) is 0 Å². The molecule has 2 atom stereocenters. The van der Waals surface area contributed by atoms with Gasteiger partial charge in [-0.15, -0.1) is 0 Å². The summed E-state index contributed by atoms with van der Waals surface area (Å²) in [6.07, 6.45) is 5.49. The number of carbonyl (C=O) groups excluding carboxylic acids is 1. The molecule has 3 rings (SSSR count). The molecule has 1 aliphatic heterocycles. The van der Waals surface area contributed by atoms with Gasteiger partial charge in [-0.1, -0.05) is 28.1 Å². The summed E-state index contributed by atoms with van der Waals surface area (Å²) in [5.41, 5.74) is 2.22. The van der Waals surface area contributed by atoms with Crippen molar-refractivity contribution in [3.63, 3.8) is 0 Å². The molecule has 0 radical (unpaired) electrons. The quantitative estimate of drug-likeness (QED) is 0.625. The summed E-state index contributed by atoms with van der Waals surface area (Å²) in [6, 6.07) is 3.94. The smallest absolute Gasteiger partial charge is 0.331 e. The molecule has 20 heavy (non-hydrogen) atoms. The van der Waals surface area contributed by atoms with Crippen molar-refractivity contribution in [1.29, 1.82) is 0 Å². The van der Waals surface area contributed by atoms with Gasteiger partial charge in [-0.3, -0.25) is 0 Å². The zero-order valence-corrected chi connectivity index (χ0v) is 12.7. The van der Waals surface area contributed by atoms with Gasteiger partial charge in [-0.2, -0.15) is 0 Å². The number of fused-ring (bicyclic) bond motifs is 3. The van der Waals surface area contributed by atoms with Crippen LogP contribution in [0.4, 0.5) is 0 Å². The summed E-state index contributed by atoms with van der Waals surface area (Å²) in [4.78, 5) is 11.1. The summed E-state index contributed by atoms with van der Waals surface area (Å²) >= 11 is 3.56. The first-order chi connectivity index (χ1) is 9.70. The Bertz CT molecular complexity index is 567. The Kier molecular flexibility index (Phi) is 3.81. The van der Waals surface area contributed by atoms with Gasteiger partial charge < -0.3 is 14.2 Å². The van der Waals surface area contributed by atoms with Crippen LogP contribution in [-0.2, 0) is 20.9 Å². The molecule has 0 saturated heterocycles. The lowest BCUT2D eigenvalue weighted by molar-refractivity contribution is -0.146. The number of benzene rings is 1. The van der Waals surface area contributed by atoms with Crippen LogP contribution in [-0.4, -0.2) is 25.8 Å². The van der Waals surface area contributed by atoms with Crippen molar-refractivity contribution in [2.45, 2.75) is 25.0 Å². The molecule has 0 saturated carbocycles. The minimum atomic E-state index is -0.372. The van der Waals surface area contributed by atoms with Gasteiger partial charge >= 0.3 is 5.97 Å². The Morgan fingerprint density at radius 3 is 3.15 bits per heavy atom. The van der Waals surface area contributed by atoms with E-state index in [9.17, 15) is 4.79 Å². The van der Waals surface area contributed by atoms with Crippen LogP contribution < -0.4 is 4.74 Å². The Balaban J connectivity index is 1.82. The highest BCUT2D eigenvalue weighted by atomic mass is 79.9. The van der Waals surface area contributed by atoms with Crippen molar-refractivity contribution in [1.82, 2.24) is 0 Å². The molecule has 0 bridgehead atoms. The molecule has 0 unspecified atom stereocenters. The molecule has 0 fully saturated rings. The van der Waals surface area contributed by atoms with Crippen molar-refractivity contribution in [3.8, 4) is 5.75 Å². The van der Waals surface area contributed by atoms with E-state index in [0.29, 0.717) is 12.5 Å². The summed E-state index contributed by atoms with van der Waals surface area (Å²) in [5, 5.41) is 0. The third-order valence-electron chi connectivity index (χ3n) is 3.68. The topological polar surface area (TPSA) is 44.8 Å². The predicted octanol–water partition coefficient (Wildman–Crippen LogP) is 2.94. The van der Waals surface area contributed by atoms with Crippen LogP contribution in [0.3, 0.4) is 0 Å². The molecule has 0 amide bonds.